The Kier molecular flexibility index (Phi) is 4.15. The number of hydrogen-bond acceptors (Lipinski definition) is 4. The van der Waals surface area contributed by atoms with Crippen molar-refractivity contribution in [1.29, 1.82) is 0 Å². The average molecular weight is 318 g/mol. The van der Waals surface area contributed by atoms with E-state index in [0.29, 0.717) is 24.2 Å². The number of hydrogen-bond donors (Lipinski definition) is 2. The largest absolute Gasteiger partial charge is 0.504 e. The minimum atomic E-state index is -0.207. The third-order valence-corrected chi connectivity index (χ3v) is 6.08. The van der Waals surface area contributed by atoms with Gasteiger partial charge in [-0.1, -0.05) is 31.6 Å². The molecule has 1 aliphatic carbocycles. The Labute approximate surface area is 137 Å². The van der Waals surface area contributed by atoms with Gasteiger partial charge in [0.05, 0.1) is 26.4 Å². The minimum Gasteiger partial charge on any atom is -0.504 e. The fraction of sp³-hybridized carbons (Fsp3) is 0.579. The second-order valence-electron chi connectivity index (χ2n) is 7.07. The summed E-state index contributed by atoms with van der Waals surface area (Å²) < 4.78 is 11.5. The lowest BCUT2D eigenvalue weighted by atomic mass is 9.56. The van der Waals surface area contributed by atoms with Crippen molar-refractivity contribution in [2.24, 2.45) is 23.2 Å². The Morgan fingerprint density at radius 3 is 2.74 bits per heavy atom. The van der Waals surface area contributed by atoms with Crippen LogP contribution in [-0.4, -0.2) is 30.5 Å². The summed E-state index contributed by atoms with van der Waals surface area (Å²) in [4.78, 5) is 0. The van der Waals surface area contributed by atoms with Gasteiger partial charge in [0, 0.05) is 11.3 Å². The predicted molar refractivity (Wildman–Crippen MR) is 88.4 cm³/mol. The van der Waals surface area contributed by atoms with Crippen molar-refractivity contribution in [3.63, 3.8) is 0 Å². The van der Waals surface area contributed by atoms with Crippen molar-refractivity contribution in [3.8, 4) is 11.5 Å². The highest BCUT2D eigenvalue weighted by Gasteiger charge is 2.53. The second kappa shape index (κ2) is 5.84. The molecule has 0 radical (unpaired) electrons. The molecule has 2 N–H and O–H groups in total. The molecule has 1 aromatic rings. The summed E-state index contributed by atoms with van der Waals surface area (Å²) in [5, 5.41) is 19.9. The SMILES string of the molecule is COc1cc([C@H]2OC[C@]3(CO)[C@@H](C)C=C(C)[C@H]2[C@@H]3C)ccc1O. The van der Waals surface area contributed by atoms with Gasteiger partial charge in [0.1, 0.15) is 0 Å². The number of phenolic OH excluding ortho intramolecular Hbond substituents is 1. The number of allylic oxidation sites excluding steroid dienone is 1. The van der Waals surface area contributed by atoms with Gasteiger partial charge in [-0.25, -0.2) is 0 Å². The fourth-order valence-corrected chi connectivity index (χ4v) is 4.46. The van der Waals surface area contributed by atoms with Crippen molar-refractivity contribution >= 4 is 0 Å². The number of aliphatic hydroxyl groups is 1. The van der Waals surface area contributed by atoms with Crippen molar-refractivity contribution in [2.45, 2.75) is 26.9 Å². The number of aliphatic hydroxyl groups excluding tert-OH is 1. The van der Waals surface area contributed by atoms with Gasteiger partial charge in [0.2, 0.25) is 0 Å². The zero-order valence-corrected chi connectivity index (χ0v) is 14.2. The number of rotatable bonds is 3. The summed E-state index contributed by atoms with van der Waals surface area (Å²) in [6, 6.07) is 5.40. The number of phenols is 1. The molecule has 126 valence electrons. The monoisotopic (exact) mass is 318 g/mol. The minimum absolute atomic E-state index is 0.0806. The lowest BCUT2D eigenvalue weighted by molar-refractivity contribution is -0.165. The van der Waals surface area contributed by atoms with E-state index >= 15 is 0 Å². The lowest BCUT2D eigenvalue weighted by Crippen LogP contribution is -2.53. The van der Waals surface area contributed by atoms with Gasteiger partial charge in [-0.15, -0.1) is 0 Å². The molecule has 1 saturated heterocycles. The average Bonchev–Trinajstić information content (AvgIpc) is 2.53. The fourth-order valence-electron chi connectivity index (χ4n) is 4.46. The van der Waals surface area contributed by atoms with Crippen LogP contribution < -0.4 is 4.74 Å². The number of benzene rings is 1. The standard InChI is InChI=1S/C19H26O4/c1-11-7-12(2)19(9-20)10-23-18(17(11)13(19)3)14-5-6-15(21)16(8-14)22-4/h5-8,12-13,17-18,20-21H,9-10H2,1-4H3/t12-,13-,17-,18+,19+/m0/s1. The Morgan fingerprint density at radius 1 is 1.35 bits per heavy atom. The summed E-state index contributed by atoms with van der Waals surface area (Å²) in [6.45, 7) is 7.22. The van der Waals surface area contributed by atoms with Crippen LogP contribution in [0.25, 0.3) is 0 Å². The van der Waals surface area contributed by atoms with Gasteiger partial charge in [0.25, 0.3) is 0 Å². The second-order valence-corrected chi connectivity index (χ2v) is 7.07. The van der Waals surface area contributed by atoms with Crippen LogP contribution in [0.5, 0.6) is 11.5 Å². The van der Waals surface area contributed by atoms with Crippen LogP contribution >= 0.6 is 0 Å². The summed E-state index contributed by atoms with van der Waals surface area (Å²) in [5.41, 5.74) is 2.11. The van der Waals surface area contributed by atoms with Crippen LogP contribution in [0.15, 0.2) is 29.8 Å². The van der Waals surface area contributed by atoms with Gasteiger partial charge in [-0.2, -0.15) is 0 Å². The van der Waals surface area contributed by atoms with Crippen LogP contribution in [0.3, 0.4) is 0 Å². The quantitative estimate of drug-likeness (QED) is 0.840. The predicted octanol–water partition coefficient (Wildman–Crippen LogP) is 3.30. The number of ether oxygens (including phenoxy) is 2. The lowest BCUT2D eigenvalue weighted by Gasteiger charge is -2.55. The molecular weight excluding hydrogens is 292 g/mol. The molecule has 1 heterocycles. The third-order valence-electron chi connectivity index (χ3n) is 6.08. The number of methoxy groups -OCH3 is 1. The first-order valence-electron chi connectivity index (χ1n) is 8.22. The molecule has 23 heavy (non-hydrogen) atoms. The first-order chi connectivity index (χ1) is 10.9. The van der Waals surface area contributed by atoms with Gasteiger partial charge in [-0.3, -0.25) is 0 Å². The van der Waals surface area contributed by atoms with E-state index in [2.05, 4.69) is 26.8 Å². The van der Waals surface area contributed by atoms with Crippen LogP contribution in [0.1, 0.15) is 32.4 Å². The van der Waals surface area contributed by atoms with E-state index in [1.54, 1.807) is 13.2 Å². The molecular formula is C19H26O4. The van der Waals surface area contributed by atoms with Crippen molar-refractivity contribution < 1.29 is 19.7 Å². The first-order valence-corrected chi connectivity index (χ1v) is 8.22. The summed E-state index contributed by atoms with van der Waals surface area (Å²) >= 11 is 0. The Balaban J connectivity index is 2.02. The van der Waals surface area contributed by atoms with Crippen molar-refractivity contribution in [2.75, 3.05) is 20.3 Å². The van der Waals surface area contributed by atoms with E-state index < -0.39 is 0 Å². The Bertz CT molecular complexity index is 624. The van der Waals surface area contributed by atoms with E-state index in [1.165, 1.54) is 5.57 Å². The van der Waals surface area contributed by atoms with E-state index in [9.17, 15) is 10.2 Å². The molecule has 3 rings (SSSR count). The normalized spacial score (nSPS) is 36.5. The van der Waals surface area contributed by atoms with Crippen LogP contribution in [0.4, 0.5) is 0 Å². The highest BCUT2D eigenvalue weighted by Crippen LogP contribution is 2.56. The summed E-state index contributed by atoms with van der Waals surface area (Å²) in [5.74, 6) is 1.44. The van der Waals surface area contributed by atoms with E-state index in [-0.39, 0.29) is 29.8 Å². The maximum absolute atomic E-state index is 10.0. The highest BCUT2D eigenvalue weighted by atomic mass is 16.5. The summed E-state index contributed by atoms with van der Waals surface area (Å²) in [7, 11) is 1.55. The van der Waals surface area contributed by atoms with E-state index in [1.807, 2.05) is 12.1 Å². The molecule has 5 atom stereocenters. The maximum atomic E-state index is 10.0. The van der Waals surface area contributed by atoms with Gasteiger partial charge in [-0.05, 0) is 36.5 Å². The molecule has 1 aliphatic heterocycles. The molecule has 4 nitrogen and oxygen atoms in total. The first kappa shape index (κ1) is 16.3. The van der Waals surface area contributed by atoms with Crippen LogP contribution in [0, 0.1) is 23.2 Å². The molecule has 0 saturated carbocycles. The maximum Gasteiger partial charge on any atom is 0.160 e. The Hall–Kier alpha value is -1.52. The van der Waals surface area contributed by atoms with Crippen molar-refractivity contribution in [3.05, 3.63) is 35.4 Å². The Morgan fingerprint density at radius 2 is 2.09 bits per heavy atom. The zero-order chi connectivity index (χ0) is 16.8. The van der Waals surface area contributed by atoms with Crippen LogP contribution in [-0.2, 0) is 4.74 Å². The van der Waals surface area contributed by atoms with Gasteiger partial charge in [0.15, 0.2) is 11.5 Å². The molecule has 0 amide bonds. The van der Waals surface area contributed by atoms with E-state index in [0.717, 1.165) is 5.56 Å². The zero-order valence-electron chi connectivity index (χ0n) is 14.2. The molecule has 2 bridgehead atoms. The topological polar surface area (TPSA) is 58.9 Å². The molecule has 0 spiro atoms. The third kappa shape index (κ3) is 2.36. The van der Waals surface area contributed by atoms with Crippen molar-refractivity contribution in [1.82, 2.24) is 0 Å². The van der Waals surface area contributed by atoms with Gasteiger partial charge >= 0.3 is 0 Å². The highest BCUT2D eigenvalue weighted by molar-refractivity contribution is 5.43. The number of fused-ring (bicyclic) bond motifs is 2. The van der Waals surface area contributed by atoms with Gasteiger partial charge < -0.3 is 19.7 Å². The molecule has 4 heteroatoms. The molecule has 2 aliphatic rings. The van der Waals surface area contributed by atoms with E-state index in [4.69, 9.17) is 9.47 Å². The molecule has 0 unspecified atom stereocenters. The molecule has 1 fully saturated rings. The molecule has 0 aromatic heterocycles. The number of aromatic hydroxyl groups is 1. The van der Waals surface area contributed by atoms with Crippen LogP contribution in [0.2, 0.25) is 0 Å². The molecule has 1 aromatic carbocycles. The summed E-state index contributed by atoms with van der Waals surface area (Å²) in [6.07, 6.45) is 2.21. The smallest absolute Gasteiger partial charge is 0.160 e.